The van der Waals surface area contributed by atoms with Gasteiger partial charge in [0.05, 0.1) is 5.02 Å². The first kappa shape index (κ1) is 25.0. The highest BCUT2D eigenvalue weighted by Crippen LogP contribution is 2.30. The highest BCUT2D eigenvalue weighted by Gasteiger charge is 2.31. The van der Waals surface area contributed by atoms with Crippen LogP contribution in [0.4, 0.5) is 5.69 Å². The third-order valence-electron chi connectivity index (χ3n) is 5.64. The van der Waals surface area contributed by atoms with Crippen molar-refractivity contribution in [2.45, 2.75) is 30.6 Å². The monoisotopic (exact) mass is 489 g/mol. The van der Waals surface area contributed by atoms with Gasteiger partial charge >= 0.3 is 0 Å². The lowest BCUT2D eigenvalue weighted by molar-refractivity contribution is -0.117. The normalized spacial score (nSPS) is 15.1. The molecule has 1 fully saturated rings. The number of carbonyl (C=O) groups excluding carboxylic acids is 2. The topological polar surface area (TPSA) is 95.6 Å². The van der Waals surface area contributed by atoms with Crippen molar-refractivity contribution in [3.63, 3.8) is 0 Å². The van der Waals surface area contributed by atoms with Crippen LogP contribution in [0.1, 0.15) is 24.8 Å². The molecule has 0 radical (unpaired) electrons. The van der Waals surface area contributed by atoms with E-state index in [4.69, 9.17) is 11.6 Å². The zero-order valence-corrected chi connectivity index (χ0v) is 19.9. The van der Waals surface area contributed by atoms with Crippen LogP contribution in [0.5, 0.6) is 0 Å². The summed E-state index contributed by atoms with van der Waals surface area (Å²) in [5.74, 6) is -0.190. The van der Waals surface area contributed by atoms with Gasteiger partial charge in [0.25, 0.3) is 0 Å². The van der Waals surface area contributed by atoms with E-state index in [1.165, 1.54) is 22.5 Å². The van der Waals surface area contributed by atoms with Crippen LogP contribution >= 0.6 is 11.6 Å². The number of piperidine rings is 1. The molecular formula is C24H28ClN3O4S. The van der Waals surface area contributed by atoms with Gasteiger partial charge in [-0.3, -0.25) is 9.59 Å². The molecule has 9 heteroatoms. The van der Waals surface area contributed by atoms with E-state index in [-0.39, 0.29) is 27.7 Å². The number of benzene rings is 2. The minimum absolute atomic E-state index is 0.0184. The molecule has 2 aromatic carbocycles. The lowest BCUT2D eigenvalue weighted by Gasteiger charge is -2.31. The molecule has 0 bridgehead atoms. The number of halogens is 1. The van der Waals surface area contributed by atoms with Crippen molar-refractivity contribution in [3.05, 3.63) is 71.8 Å². The third-order valence-corrected chi connectivity index (χ3v) is 8.02. The number of nitrogens with zero attached hydrogens (tertiary/aromatic N) is 1. The molecule has 1 saturated heterocycles. The first-order valence-corrected chi connectivity index (χ1v) is 12.6. The first-order chi connectivity index (χ1) is 15.8. The van der Waals surface area contributed by atoms with Gasteiger partial charge in [-0.15, -0.1) is 0 Å². The Kier molecular flexibility index (Phi) is 8.66. The molecule has 0 atom stereocenters. The average Bonchev–Trinajstić information content (AvgIpc) is 2.82. The summed E-state index contributed by atoms with van der Waals surface area (Å²) in [5, 5.41) is 5.59. The summed E-state index contributed by atoms with van der Waals surface area (Å²) in [6.45, 7) is 4.62. The minimum Gasteiger partial charge on any atom is -0.352 e. The molecule has 2 aromatic rings. The molecule has 0 saturated carbocycles. The van der Waals surface area contributed by atoms with Gasteiger partial charge in [-0.25, -0.2) is 8.42 Å². The molecular weight excluding hydrogens is 462 g/mol. The summed E-state index contributed by atoms with van der Waals surface area (Å²) >= 11 is 6.30. The number of sulfonamides is 1. The van der Waals surface area contributed by atoms with Gasteiger partial charge in [-0.05, 0) is 55.0 Å². The van der Waals surface area contributed by atoms with Crippen molar-refractivity contribution in [2.24, 2.45) is 5.92 Å². The zero-order chi connectivity index (χ0) is 23.8. The van der Waals surface area contributed by atoms with Crippen LogP contribution in [0.3, 0.4) is 0 Å². The Hall–Kier alpha value is -2.68. The maximum absolute atomic E-state index is 13.1. The highest BCUT2D eigenvalue weighted by atomic mass is 35.5. The van der Waals surface area contributed by atoms with E-state index < -0.39 is 10.0 Å². The second-order valence-corrected chi connectivity index (χ2v) is 10.3. The summed E-state index contributed by atoms with van der Waals surface area (Å²) in [6.07, 6.45) is 3.43. The van der Waals surface area contributed by atoms with E-state index in [9.17, 15) is 18.0 Å². The van der Waals surface area contributed by atoms with Crippen LogP contribution < -0.4 is 10.6 Å². The summed E-state index contributed by atoms with van der Waals surface area (Å²) in [4.78, 5) is 23.6. The largest absolute Gasteiger partial charge is 0.352 e. The second-order valence-electron chi connectivity index (χ2n) is 7.98. The number of nitrogens with one attached hydrogen (secondary N) is 2. The van der Waals surface area contributed by atoms with Gasteiger partial charge < -0.3 is 10.6 Å². The standard InChI is InChI=1S/C24H28ClN3O4S/c1-2-23(29)26-17-19-12-14-28(15-13-19)33(31,32)22-10-9-20(16-21(22)25)27-24(30)11-8-18-6-4-3-5-7-18/h2-7,9-10,16,19H,1,8,11-15,17H2,(H,26,29)(H,27,30). The minimum atomic E-state index is -3.76. The van der Waals surface area contributed by atoms with E-state index in [1.54, 1.807) is 6.07 Å². The van der Waals surface area contributed by atoms with E-state index in [1.807, 2.05) is 30.3 Å². The lowest BCUT2D eigenvalue weighted by Crippen LogP contribution is -2.41. The quantitative estimate of drug-likeness (QED) is 0.526. The smallest absolute Gasteiger partial charge is 0.244 e. The summed E-state index contributed by atoms with van der Waals surface area (Å²) in [6, 6.07) is 14.1. The third kappa shape index (κ3) is 6.90. The maximum atomic E-state index is 13.1. The molecule has 33 heavy (non-hydrogen) atoms. The van der Waals surface area contributed by atoms with E-state index in [2.05, 4.69) is 17.2 Å². The number of aryl methyl sites for hydroxylation is 1. The van der Waals surface area contributed by atoms with Crippen molar-refractivity contribution >= 4 is 39.1 Å². The van der Waals surface area contributed by atoms with Crippen LogP contribution in [0, 0.1) is 5.92 Å². The molecule has 0 unspecified atom stereocenters. The molecule has 176 valence electrons. The van der Waals surface area contributed by atoms with Crippen LogP contribution in [-0.2, 0) is 26.0 Å². The first-order valence-electron chi connectivity index (χ1n) is 10.8. The van der Waals surface area contributed by atoms with Crippen molar-refractivity contribution < 1.29 is 18.0 Å². The van der Waals surface area contributed by atoms with Gasteiger partial charge in [0, 0.05) is 31.7 Å². The van der Waals surface area contributed by atoms with Crippen LogP contribution in [0.15, 0.2) is 66.1 Å². The zero-order valence-electron chi connectivity index (χ0n) is 18.3. The lowest BCUT2D eigenvalue weighted by atomic mass is 9.98. The Morgan fingerprint density at radius 1 is 1.12 bits per heavy atom. The Morgan fingerprint density at radius 2 is 1.82 bits per heavy atom. The van der Waals surface area contributed by atoms with Gasteiger partial charge in [0.1, 0.15) is 4.90 Å². The van der Waals surface area contributed by atoms with E-state index in [0.717, 1.165) is 5.56 Å². The number of hydrogen-bond donors (Lipinski definition) is 2. The van der Waals surface area contributed by atoms with Gasteiger partial charge in [-0.1, -0.05) is 48.5 Å². The molecule has 2 amide bonds. The number of carbonyl (C=O) groups is 2. The van der Waals surface area contributed by atoms with Gasteiger partial charge in [0.2, 0.25) is 21.8 Å². The van der Waals surface area contributed by atoms with Gasteiger partial charge in [-0.2, -0.15) is 4.31 Å². The van der Waals surface area contributed by atoms with Crippen molar-refractivity contribution in [1.82, 2.24) is 9.62 Å². The molecule has 1 aliphatic rings. The molecule has 0 spiro atoms. The Morgan fingerprint density at radius 3 is 2.45 bits per heavy atom. The van der Waals surface area contributed by atoms with Gasteiger partial charge in [0.15, 0.2) is 0 Å². The Balaban J connectivity index is 1.56. The van der Waals surface area contributed by atoms with Crippen LogP contribution in [-0.4, -0.2) is 44.2 Å². The van der Waals surface area contributed by atoms with Crippen molar-refractivity contribution in [1.29, 1.82) is 0 Å². The van der Waals surface area contributed by atoms with Crippen LogP contribution in [0.25, 0.3) is 0 Å². The summed E-state index contributed by atoms with van der Waals surface area (Å²) in [5.41, 5.74) is 1.52. The SMILES string of the molecule is C=CC(=O)NCC1CCN(S(=O)(=O)c2ccc(NC(=O)CCc3ccccc3)cc2Cl)CC1. The number of rotatable bonds is 9. The fourth-order valence-electron chi connectivity index (χ4n) is 3.72. The molecule has 1 heterocycles. The fourth-order valence-corrected chi connectivity index (χ4v) is 5.71. The summed E-state index contributed by atoms with van der Waals surface area (Å²) < 4.78 is 27.6. The van der Waals surface area contributed by atoms with Crippen molar-refractivity contribution in [2.75, 3.05) is 25.0 Å². The second kappa shape index (κ2) is 11.4. The number of anilines is 1. The number of amides is 2. The molecule has 1 aliphatic heterocycles. The highest BCUT2D eigenvalue weighted by molar-refractivity contribution is 7.89. The Bertz CT molecular complexity index is 1100. The molecule has 3 rings (SSSR count). The molecule has 7 nitrogen and oxygen atoms in total. The predicted octanol–water partition coefficient (Wildman–Crippen LogP) is 3.61. The number of hydrogen-bond acceptors (Lipinski definition) is 4. The molecule has 0 aromatic heterocycles. The predicted molar refractivity (Wildman–Crippen MR) is 130 cm³/mol. The molecule has 2 N–H and O–H groups in total. The Labute approximate surface area is 199 Å². The maximum Gasteiger partial charge on any atom is 0.244 e. The van der Waals surface area contributed by atoms with Crippen LogP contribution in [0.2, 0.25) is 5.02 Å². The van der Waals surface area contributed by atoms with Crippen molar-refractivity contribution in [3.8, 4) is 0 Å². The fraction of sp³-hybridized carbons (Fsp3) is 0.333. The van der Waals surface area contributed by atoms with E-state index >= 15 is 0 Å². The molecule has 0 aliphatic carbocycles. The van der Waals surface area contributed by atoms with E-state index in [0.29, 0.717) is 51.0 Å². The summed E-state index contributed by atoms with van der Waals surface area (Å²) in [7, 11) is -3.76. The average molecular weight is 490 g/mol.